The number of hydrogen-bond donors (Lipinski definition) is 1. The maximum Gasteiger partial charge on any atom is 0.194 e. The Kier molecular flexibility index (Phi) is 4.77. The summed E-state index contributed by atoms with van der Waals surface area (Å²) in [6.45, 7) is 4.66. The second kappa shape index (κ2) is 6.56. The lowest BCUT2D eigenvalue weighted by Gasteiger charge is -2.09. The van der Waals surface area contributed by atoms with Crippen molar-refractivity contribution < 1.29 is 13.2 Å². The van der Waals surface area contributed by atoms with Crippen molar-refractivity contribution in [2.24, 2.45) is 0 Å². The molecule has 2 rings (SSSR count). The number of hydrogen-bond acceptors (Lipinski definition) is 3. The number of benzene rings is 1. The van der Waals surface area contributed by atoms with Crippen LogP contribution in [0.3, 0.4) is 0 Å². The summed E-state index contributed by atoms with van der Waals surface area (Å²) >= 11 is 0. The Morgan fingerprint density at radius 2 is 1.67 bits per heavy atom. The van der Waals surface area contributed by atoms with Gasteiger partial charge in [-0.15, -0.1) is 0 Å². The number of aryl methyl sites for hydroxylation is 1. The van der Waals surface area contributed by atoms with Crippen LogP contribution in [0.5, 0.6) is 0 Å². The third-order valence-electron chi connectivity index (χ3n) is 2.94. The second-order valence-corrected chi connectivity index (χ2v) is 4.60. The van der Waals surface area contributed by atoms with Crippen LogP contribution < -0.4 is 5.32 Å². The van der Waals surface area contributed by atoms with Crippen molar-refractivity contribution in [1.29, 1.82) is 0 Å². The summed E-state index contributed by atoms with van der Waals surface area (Å²) in [5.74, 6) is -3.23. The van der Waals surface area contributed by atoms with E-state index < -0.39 is 17.5 Å². The molecule has 0 saturated heterocycles. The van der Waals surface area contributed by atoms with E-state index in [1.165, 1.54) is 0 Å². The highest BCUT2D eigenvalue weighted by Gasteiger charge is 2.14. The van der Waals surface area contributed by atoms with E-state index in [4.69, 9.17) is 0 Å². The van der Waals surface area contributed by atoms with Crippen molar-refractivity contribution in [1.82, 2.24) is 9.97 Å². The van der Waals surface area contributed by atoms with Crippen LogP contribution in [0.15, 0.2) is 18.2 Å². The monoisotopic (exact) mass is 295 g/mol. The molecule has 0 bridgehead atoms. The lowest BCUT2D eigenvalue weighted by atomic mass is 10.2. The summed E-state index contributed by atoms with van der Waals surface area (Å²) < 4.78 is 39.7. The van der Waals surface area contributed by atoms with Gasteiger partial charge in [0.05, 0.1) is 0 Å². The largest absolute Gasteiger partial charge is 0.370 e. The van der Waals surface area contributed by atoms with Crippen molar-refractivity contribution in [2.45, 2.75) is 26.7 Å². The fraction of sp³-hybridized carbons (Fsp3) is 0.333. The van der Waals surface area contributed by atoms with Crippen LogP contribution in [0.2, 0.25) is 0 Å². The summed E-state index contributed by atoms with van der Waals surface area (Å²) in [5.41, 5.74) is 0.852. The van der Waals surface area contributed by atoms with E-state index >= 15 is 0 Å². The number of rotatable bonds is 5. The molecule has 2 aromatic rings. The van der Waals surface area contributed by atoms with Gasteiger partial charge in [-0.1, -0.05) is 13.8 Å². The predicted molar refractivity (Wildman–Crippen MR) is 75.5 cm³/mol. The Morgan fingerprint density at radius 3 is 2.24 bits per heavy atom. The molecule has 0 aliphatic heterocycles. The van der Waals surface area contributed by atoms with Crippen LogP contribution >= 0.6 is 0 Å². The van der Waals surface area contributed by atoms with E-state index in [1.54, 1.807) is 6.07 Å². The lowest BCUT2D eigenvalue weighted by molar-refractivity contribution is 0.447. The smallest absolute Gasteiger partial charge is 0.194 e. The highest BCUT2D eigenvalue weighted by molar-refractivity contribution is 5.58. The Hall–Kier alpha value is -2.11. The van der Waals surface area contributed by atoms with Gasteiger partial charge in [-0.25, -0.2) is 23.1 Å². The molecule has 0 unspecified atom stereocenters. The van der Waals surface area contributed by atoms with Crippen molar-refractivity contribution in [3.8, 4) is 11.4 Å². The summed E-state index contributed by atoms with van der Waals surface area (Å²) in [7, 11) is 0. The molecule has 0 spiro atoms. The minimum absolute atomic E-state index is 0.112. The van der Waals surface area contributed by atoms with Crippen molar-refractivity contribution in [2.75, 3.05) is 11.9 Å². The average molecular weight is 295 g/mol. The highest BCUT2D eigenvalue weighted by Crippen LogP contribution is 2.22. The van der Waals surface area contributed by atoms with Gasteiger partial charge >= 0.3 is 0 Å². The molecular formula is C15H16F3N3. The third kappa shape index (κ3) is 3.51. The van der Waals surface area contributed by atoms with Gasteiger partial charge in [0.25, 0.3) is 0 Å². The number of halogens is 3. The van der Waals surface area contributed by atoms with Gasteiger partial charge in [-0.3, -0.25) is 0 Å². The summed E-state index contributed by atoms with van der Waals surface area (Å²) in [6.07, 6.45) is 1.57. The van der Waals surface area contributed by atoms with Gasteiger partial charge in [-0.2, -0.15) is 0 Å². The van der Waals surface area contributed by atoms with Crippen LogP contribution in [-0.2, 0) is 6.42 Å². The fourth-order valence-corrected chi connectivity index (χ4v) is 1.84. The number of anilines is 1. The number of nitrogens with zero attached hydrogens (tertiary/aromatic N) is 2. The van der Waals surface area contributed by atoms with E-state index in [1.807, 2.05) is 13.8 Å². The van der Waals surface area contributed by atoms with Gasteiger partial charge < -0.3 is 5.32 Å². The molecule has 3 nitrogen and oxygen atoms in total. The second-order valence-electron chi connectivity index (χ2n) is 4.60. The standard InChI is InChI=1S/C15H16F3N3/c1-3-5-19-13-8-10(4-2)20-15(21-13)9-6-11(16)14(18)12(17)7-9/h6-8H,3-5H2,1-2H3,(H,19,20,21). The molecule has 0 aliphatic carbocycles. The SMILES string of the molecule is CCCNc1cc(CC)nc(-c2cc(F)c(F)c(F)c2)n1. The summed E-state index contributed by atoms with van der Waals surface area (Å²) in [4.78, 5) is 8.46. The molecule has 0 fully saturated rings. The number of aromatic nitrogens is 2. The van der Waals surface area contributed by atoms with Gasteiger partial charge in [0.15, 0.2) is 23.3 Å². The zero-order valence-corrected chi connectivity index (χ0v) is 11.9. The molecule has 0 atom stereocenters. The summed E-state index contributed by atoms with van der Waals surface area (Å²) in [6, 6.07) is 3.59. The van der Waals surface area contributed by atoms with E-state index in [9.17, 15) is 13.2 Å². The number of nitrogens with one attached hydrogen (secondary N) is 1. The normalized spacial score (nSPS) is 10.7. The van der Waals surface area contributed by atoms with Crippen molar-refractivity contribution in [3.63, 3.8) is 0 Å². The predicted octanol–water partition coefficient (Wildman–Crippen LogP) is 3.95. The molecule has 0 saturated carbocycles. The van der Waals surface area contributed by atoms with Crippen LogP contribution in [-0.4, -0.2) is 16.5 Å². The molecule has 0 aliphatic rings. The van der Waals surface area contributed by atoms with Crippen molar-refractivity contribution in [3.05, 3.63) is 41.3 Å². The Balaban J connectivity index is 2.47. The van der Waals surface area contributed by atoms with Crippen LogP contribution in [0, 0.1) is 17.5 Å². The van der Waals surface area contributed by atoms with Crippen LogP contribution in [0.1, 0.15) is 26.0 Å². The van der Waals surface area contributed by atoms with Crippen LogP contribution in [0.25, 0.3) is 11.4 Å². The maximum atomic E-state index is 13.3. The zero-order valence-electron chi connectivity index (χ0n) is 11.9. The molecule has 1 heterocycles. The minimum atomic E-state index is -1.49. The molecule has 6 heteroatoms. The first-order chi connectivity index (χ1) is 10.0. The molecule has 112 valence electrons. The lowest BCUT2D eigenvalue weighted by Crippen LogP contribution is -2.05. The topological polar surface area (TPSA) is 37.8 Å². The first-order valence-electron chi connectivity index (χ1n) is 6.81. The first-order valence-corrected chi connectivity index (χ1v) is 6.81. The molecule has 1 N–H and O–H groups in total. The molecule has 1 aromatic heterocycles. The molecular weight excluding hydrogens is 279 g/mol. The molecule has 0 radical (unpaired) electrons. The van der Waals surface area contributed by atoms with Gasteiger partial charge in [-0.05, 0) is 25.0 Å². The quantitative estimate of drug-likeness (QED) is 0.849. The van der Waals surface area contributed by atoms with E-state index in [2.05, 4.69) is 15.3 Å². The fourth-order valence-electron chi connectivity index (χ4n) is 1.84. The molecule has 21 heavy (non-hydrogen) atoms. The minimum Gasteiger partial charge on any atom is -0.370 e. The van der Waals surface area contributed by atoms with Gasteiger partial charge in [0.1, 0.15) is 5.82 Å². The van der Waals surface area contributed by atoms with E-state index in [-0.39, 0.29) is 11.4 Å². The first kappa shape index (κ1) is 15.3. The van der Waals surface area contributed by atoms with E-state index in [0.717, 1.165) is 30.8 Å². The average Bonchev–Trinajstić information content (AvgIpc) is 2.49. The van der Waals surface area contributed by atoms with E-state index in [0.29, 0.717) is 12.2 Å². The molecule has 0 amide bonds. The maximum absolute atomic E-state index is 13.3. The highest BCUT2D eigenvalue weighted by atomic mass is 19.2. The zero-order chi connectivity index (χ0) is 15.4. The summed E-state index contributed by atoms with van der Waals surface area (Å²) in [5, 5.41) is 3.11. The van der Waals surface area contributed by atoms with Gasteiger partial charge in [0.2, 0.25) is 0 Å². The Morgan fingerprint density at radius 1 is 1.00 bits per heavy atom. The Bertz CT molecular complexity index is 621. The third-order valence-corrected chi connectivity index (χ3v) is 2.94. The molecule has 1 aromatic carbocycles. The van der Waals surface area contributed by atoms with Crippen molar-refractivity contribution >= 4 is 5.82 Å². The Labute approximate surface area is 121 Å². The van der Waals surface area contributed by atoms with Crippen LogP contribution in [0.4, 0.5) is 19.0 Å². The van der Waals surface area contributed by atoms with Gasteiger partial charge in [0, 0.05) is 23.9 Å².